The molecular weight excluding hydrogens is 216 g/mol. The van der Waals surface area contributed by atoms with Gasteiger partial charge >= 0.3 is 0 Å². The van der Waals surface area contributed by atoms with Gasteiger partial charge in [-0.1, -0.05) is 6.92 Å². The van der Waals surface area contributed by atoms with Crippen LogP contribution in [-0.4, -0.2) is 43.7 Å². The van der Waals surface area contributed by atoms with Crippen LogP contribution in [-0.2, 0) is 9.53 Å². The maximum Gasteiger partial charge on any atom is 0.222 e. The van der Waals surface area contributed by atoms with Crippen molar-refractivity contribution < 1.29 is 9.53 Å². The van der Waals surface area contributed by atoms with E-state index in [1.165, 1.54) is 0 Å². The number of carbonyl (C=O) groups excluding carboxylic acids is 1. The first-order valence-corrected chi connectivity index (χ1v) is 6.67. The average molecular weight is 242 g/mol. The summed E-state index contributed by atoms with van der Waals surface area (Å²) in [6, 6.07) is 0.488. The molecule has 2 N–H and O–H groups in total. The number of nitrogens with two attached hydrogens (primary N) is 1. The lowest BCUT2D eigenvalue weighted by Gasteiger charge is -2.22. The predicted molar refractivity (Wildman–Crippen MR) is 68.7 cm³/mol. The molecule has 0 aliphatic heterocycles. The Balaban J connectivity index is 2.27. The maximum absolute atomic E-state index is 12.1. The Kier molecular flexibility index (Phi) is 6.52. The number of ether oxygens (including phenoxy) is 1. The molecule has 1 saturated carbocycles. The fraction of sp³-hybridized carbons (Fsp3) is 0.923. The number of hydrogen-bond acceptors (Lipinski definition) is 3. The molecule has 0 spiro atoms. The molecule has 0 aromatic rings. The van der Waals surface area contributed by atoms with Gasteiger partial charge in [-0.15, -0.1) is 0 Å². The Morgan fingerprint density at radius 3 is 2.71 bits per heavy atom. The van der Waals surface area contributed by atoms with E-state index in [0.29, 0.717) is 31.5 Å². The molecule has 1 aliphatic rings. The third-order valence-corrected chi connectivity index (χ3v) is 3.35. The van der Waals surface area contributed by atoms with Gasteiger partial charge in [0, 0.05) is 26.1 Å². The smallest absolute Gasteiger partial charge is 0.222 e. The molecule has 1 unspecified atom stereocenters. The van der Waals surface area contributed by atoms with Gasteiger partial charge in [-0.3, -0.25) is 4.79 Å². The summed E-state index contributed by atoms with van der Waals surface area (Å²) in [4.78, 5) is 14.1. The zero-order valence-corrected chi connectivity index (χ0v) is 11.2. The normalized spacial score (nSPS) is 16.9. The number of hydrogen-bond donors (Lipinski definition) is 1. The second kappa shape index (κ2) is 7.67. The Morgan fingerprint density at radius 1 is 1.47 bits per heavy atom. The highest BCUT2D eigenvalue weighted by Gasteiger charge is 2.31. The fourth-order valence-corrected chi connectivity index (χ4v) is 2.03. The fourth-order valence-electron chi connectivity index (χ4n) is 2.03. The van der Waals surface area contributed by atoms with E-state index in [9.17, 15) is 4.79 Å². The first kappa shape index (κ1) is 14.5. The molecule has 0 saturated heterocycles. The summed E-state index contributed by atoms with van der Waals surface area (Å²) >= 11 is 0. The second-order valence-electron chi connectivity index (χ2n) is 5.03. The van der Waals surface area contributed by atoms with E-state index in [-0.39, 0.29) is 5.91 Å². The highest BCUT2D eigenvalue weighted by Crippen LogP contribution is 2.27. The molecule has 100 valence electrons. The van der Waals surface area contributed by atoms with Crippen LogP contribution in [0.4, 0.5) is 0 Å². The van der Waals surface area contributed by atoms with Gasteiger partial charge in [-0.05, 0) is 38.1 Å². The van der Waals surface area contributed by atoms with Gasteiger partial charge in [0.1, 0.15) is 0 Å². The summed E-state index contributed by atoms with van der Waals surface area (Å²) in [6.07, 6.45) is 4.93. The Hall–Kier alpha value is -0.610. The highest BCUT2D eigenvalue weighted by atomic mass is 16.5. The summed E-state index contributed by atoms with van der Waals surface area (Å²) in [6.45, 7) is 4.26. The van der Waals surface area contributed by atoms with Gasteiger partial charge in [0.2, 0.25) is 5.91 Å². The summed E-state index contributed by atoms with van der Waals surface area (Å²) in [5.74, 6) is 0.834. The predicted octanol–water partition coefficient (Wildman–Crippen LogP) is 1.39. The van der Waals surface area contributed by atoms with E-state index in [1.54, 1.807) is 7.11 Å². The summed E-state index contributed by atoms with van der Waals surface area (Å²) < 4.78 is 5.05. The molecule has 1 amide bonds. The van der Waals surface area contributed by atoms with Crippen molar-refractivity contribution in [2.45, 2.75) is 45.1 Å². The minimum atomic E-state index is 0.286. The molecule has 0 bridgehead atoms. The third-order valence-electron chi connectivity index (χ3n) is 3.35. The zero-order valence-electron chi connectivity index (χ0n) is 11.2. The van der Waals surface area contributed by atoms with Crippen molar-refractivity contribution in [2.24, 2.45) is 11.7 Å². The lowest BCUT2D eigenvalue weighted by atomic mass is 10.0. The van der Waals surface area contributed by atoms with Gasteiger partial charge in [0.25, 0.3) is 0 Å². The van der Waals surface area contributed by atoms with Gasteiger partial charge in [0.05, 0.1) is 6.61 Å². The molecule has 0 heterocycles. The average Bonchev–Trinajstić information content (AvgIpc) is 3.11. The van der Waals surface area contributed by atoms with Crippen LogP contribution in [0.5, 0.6) is 0 Å². The van der Waals surface area contributed by atoms with Gasteiger partial charge < -0.3 is 15.4 Å². The number of methoxy groups -OCH3 is 1. The van der Waals surface area contributed by atoms with E-state index < -0.39 is 0 Å². The van der Waals surface area contributed by atoms with Gasteiger partial charge in [-0.2, -0.15) is 0 Å². The Bertz CT molecular complexity index is 229. The quantitative estimate of drug-likeness (QED) is 0.664. The number of carbonyl (C=O) groups is 1. The standard InChI is InChI=1S/C13H26N2O2/c1-11(7-8-14)3-6-13(16)15(9-10-17-2)12-4-5-12/h11-12H,3-10,14H2,1-2H3. The topological polar surface area (TPSA) is 55.6 Å². The molecule has 4 nitrogen and oxygen atoms in total. The zero-order chi connectivity index (χ0) is 12.7. The van der Waals surface area contributed by atoms with Crippen LogP contribution >= 0.6 is 0 Å². The van der Waals surface area contributed by atoms with Crippen LogP contribution in [0, 0.1) is 5.92 Å². The van der Waals surface area contributed by atoms with Crippen LogP contribution in [0.1, 0.15) is 39.0 Å². The van der Waals surface area contributed by atoms with Gasteiger partial charge in [0.15, 0.2) is 0 Å². The second-order valence-corrected chi connectivity index (χ2v) is 5.03. The number of amides is 1. The van der Waals surface area contributed by atoms with Crippen molar-refractivity contribution in [2.75, 3.05) is 26.8 Å². The van der Waals surface area contributed by atoms with Crippen LogP contribution in [0.2, 0.25) is 0 Å². The highest BCUT2D eigenvalue weighted by molar-refractivity contribution is 5.76. The lowest BCUT2D eigenvalue weighted by molar-refractivity contribution is -0.132. The van der Waals surface area contributed by atoms with Crippen molar-refractivity contribution in [1.29, 1.82) is 0 Å². The molecule has 4 heteroatoms. The molecule has 0 radical (unpaired) electrons. The van der Waals surface area contributed by atoms with E-state index >= 15 is 0 Å². The van der Waals surface area contributed by atoms with Crippen LogP contribution in [0.3, 0.4) is 0 Å². The van der Waals surface area contributed by atoms with E-state index in [2.05, 4.69) is 6.92 Å². The minimum absolute atomic E-state index is 0.286. The lowest BCUT2D eigenvalue weighted by Crippen LogP contribution is -2.35. The van der Waals surface area contributed by atoms with Crippen molar-refractivity contribution in [1.82, 2.24) is 4.90 Å². The van der Waals surface area contributed by atoms with E-state index in [4.69, 9.17) is 10.5 Å². The van der Waals surface area contributed by atoms with Crippen LogP contribution in [0.25, 0.3) is 0 Å². The first-order valence-electron chi connectivity index (χ1n) is 6.67. The van der Waals surface area contributed by atoms with Crippen molar-refractivity contribution in [3.63, 3.8) is 0 Å². The largest absolute Gasteiger partial charge is 0.383 e. The molecule has 1 aliphatic carbocycles. The van der Waals surface area contributed by atoms with Crippen molar-refractivity contribution >= 4 is 5.91 Å². The van der Waals surface area contributed by atoms with E-state index in [0.717, 1.165) is 32.2 Å². The molecule has 1 rings (SSSR count). The Labute approximate surface area is 104 Å². The number of nitrogens with zero attached hydrogens (tertiary/aromatic N) is 1. The minimum Gasteiger partial charge on any atom is -0.383 e. The molecule has 0 aromatic heterocycles. The van der Waals surface area contributed by atoms with Gasteiger partial charge in [-0.25, -0.2) is 0 Å². The third kappa shape index (κ3) is 5.50. The molecule has 0 aromatic carbocycles. The summed E-state index contributed by atoms with van der Waals surface area (Å²) in [5.41, 5.74) is 5.51. The molecule has 1 atom stereocenters. The monoisotopic (exact) mass is 242 g/mol. The van der Waals surface area contributed by atoms with Crippen molar-refractivity contribution in [3.8, 4) is 0 Å². The van der Waals surface area contributed by atoms with Crippen molar-refractivity contribution in [3.05, 3.63) is 0 Å². The van der Waals surface area contributed by atoms with Crippen LogP contribution < -0.4 is 5.73 Å². The molecular formula is C13H26N2O2. The molecule has 17 heavy (non-hydrogen) atoms. The maximum atomic E-state index is 12.1. The summed E-state index contributed by atoms with van der Waals surface area (Å²) in [5, 5.41) is 0. The SMILES string of the molecule is COCCN(C(=O)CCC(C)CCN)C1CC1. The van der Waals surface area contributed by atoms with Crippen LogP contribution in [0.15, 0.2) is 0 Å². The van der Waals surface area contributed by atoms with E-state index in [1.807, 2.05) is 4.90 Å². The summed E-state index contributed by atoms with van der Waals surface area (Å²) in [7, 11) is 1.68. The number of rotatable bonds is 9. The molecule has 1 fully saturated rings. The first-order chi connectivity index (χ1) is 8.19. The Morgan fingerprint density at radius 2 is 2.18 bits per heavy atom.